The molecule has 0 atom stereocenters. The van der Waals surface area contributed by atoms with E-state index in [1.54, 1.807) is 43.3 Å². The fourth-order valence-corrected chi connectivity index (χ4v) is 1.95. The molecule has 2 amide bonds. The summed E-state index contributed by atoms with van der Waals surface area (Å²) in [6.07, 6.45) is 0. The van der Waals surface area contributed by atoms with Crippen molar-refractivity contribution in [2.24, 2.45) is 0 Å². The lowest BCUT2D eigenvalue weighted by Gasteiger charge is -2.18. The first-order valence-corrected chi connectivity index (χ1v) is 6.87. The smallest absolute Gasteiger partial charge is 0.321 e. The fraction of sp³-hybridized carbons (Fsp3) is 0.188. The fourth-order valence-electron chi connectivity index (χ4n) is 1.83. The highest BCUT2D eigenvalue weighted by Crippen LogP contribution is 2.15. The van der Waals surface area contributed by atoms with Gasteiger partial charge in [0.25, 0.3) is 0 Å². The molecule has 0 spiro atoms. The third-order valence-corrected chi connectivity index (χ3v) is 3.27. The SMILES string of the molecule is COc1ccc(CN(C)C(=O)Nc2ccc(Cl)cc2)cc1. The van der Waals surface area contributed by atoms with Gasteiger partial charge in [0.1, 0.15) is 5.75 Å². The Kier molecular flexibility index (Phi) is 5.06. The van der Waals surface area contributed by atoms with Crippen LogP contribution in [0.4, 0.5) is 10.5 Å². The van der Waals surface area contributed by atoms with Crippen LogP contribution < -0.4 is 10.1 Å². The number of nitrogens with one attached hydrogen (secondary N) is 1. The summed E-state index contributed by atoms with van der Waals surface area (Å²) in [7, 11) is 3.37. The van der Waals surface area contributed by atoms with Crippen LogP contribution in [-0.2, 0) is 6.54 Å². The molecule has 0 aliphatic rings. The van der Waals surface area contributed by atoms with E-state index in [0.29, 0.717) is 17.3 Å². The number of urea groups is 1. The second-order valence-corrected chi connectivity index (χ2v) is 5.08. The number of anilines is 1. The van der Waals surface area contributed by atoms with Crippen molar-refractivity contribution >= 4 is 23.3 Å². The van der Waals surface area contributed by atoms with Crippen molar-refractivity contribution in [3.8, 4) is 5.75 Å². The Balaban J connectivity index is 1.93. The molecule has 21 heavy (non-hydrogen) atoms. The topological polar surface area (TPSA) is 41.6 Å². The summed E-state index contributed by atoms with van der Waals surface area (Å²) >= 11 is 5.81. The third kappa shape index (κ3) is 4.39. The van der Waals surface area contributed by atoms with Crippen molar-refractivity contribution in [3.05, 3.63) is 59.1 Å². The Labute approximate surface area is 129 Å². The van der Waals surface area contributed by atoms with E-state index < -0.39 is 0 Å². The van der Waals surface area contributed by atoms with Crippen LogP contribution in [0.3, 0.4) is 0 Å². The van der Waals surface area contributed by atoms with Gasteiger partial charge in [-0.1, -0.05) is 23.7 Å². The highest BCUT2D eigenvalue weighted by Gasteiger charge is 2.09. The van der Waals surface area contributed by atoms with E-state index in [9.17, 15) is 4.79 Å². The number of amides is 2. The van der Waals surface area contributed by atoms with E-state index in [4.69, 9.17) is 16.3 Å². The van der Waals surface area contributed by atoms with Crippen LogP contribution in [0.5, 0.6) is 5.75 Å². The zero-order valence-electron chi connectivity index (χ0n) is 12.0. The molecule has 0 heterocycles. The Morgan fingerprint density at radius 2 is 1.76 bits per heavy atom. The highest BCUT2D eigenvalue weighted by atomic mass is 35.5. The molecule has 0 bridgehead atoms. The predicted octanol–water partition coefficient (Wildman–Crippen LogP) is 4.01. The summed E-state index contributed by atoms with van der Waals surface area (Å²) in [5, 5.41) is 3.45. The van der Waals surface area contributed by atoms with E-state index in [2.05, 4.69) is 5.32 Å². The average Bonchev–Trinajstić information content (AvgIpc) is 2.50. The van der Waals surface area contributed by atoms with Gasteiger partial charge in [-0.25, -0.2) is 4.79 Å². The molecule has 0 radical (unpaired) electrons. The first-order valence-electron chi connectivity index (χ1n) is 6.49. The number of hydrogen-bond donors (Lipinski definition) is 1. The summed E-state index contributed by atoms with van der Waals surface area (Å²) < 4.78 is 5.11. The Hall–Kier alpha value is -2.20. The summed E-state index contributed by atoms with van der Waals surface area (Å²) in [6.45, 7) is 0.517. The minimum Gasteiger partial charge on any atom is -0.497 e. The first kappa shape index (κ1) is 15.2. The van der Waals surface area contributed by atoms with E-state index in [0.717, 1.165) is 11.3 Å². The monoisotopic (exact) mass is 304 g/mol. The first-order chi connectivity index (χ1) is 10.1. The summed E-state index contributed by atoms with van der Waals surface area (Å²) in [6, 6.07) is 14.5. The number of benzene rings is 2. The van der Waals surface area contributed by atoms with Gasteiger partial charge in [-0.05, 0) is 42.0 Å². The highest BCUT2D eigenvalue weighted by molar-refractivity contribution is 6.30. The maximum Gasteiger partial charge on any atom is 0.321 e. The average molecular weight is 305 g/mol. The lowest BCUT2D eigenvalue weighted by atomic mass is 10.2. The Morgan fingerprint density at radius 3 is 2.33 bits per heavy atom. The number of carbonyl (C=O) groups is 1. The Morgan fingerprint density at radius 1 is 1.14 bits per heavy atom. The van der Waals surface area contributed by atoms with Crippen molar-refractivity contribution in [1.29, 1.82) is 0 Å². The zero-order chi connectivity index (χ0) is 15.2. The minimum atomic E-state index is -0.173. The van der Waals surface area contributed by atoms with Gasteiger partial charge in [0.2, 0.25) is 0 Å². The summed E-state index contributed by atoms with van der Waals surface area (Å²) in [5.41, 5.74) is 1.75. The summed E-state index contributed by atoms with van der Waals surface area (Å²) in [4.78, 5) is 13.7. The molecule has 1 N–H and O–H groups in total. The number of rotatable bonds is 4. The third-order valence-electron chi connectivity index (χ3n) is 3.02. The number of hydrogen-bond acceptors (Lipinski definition) is 2. The number of halogens is 1. The van der Waals surface area contributed by atoms with Gasteiger partial charge in [0.05, 0.1) is 7.11 Å². The number of carbonyl (C=O) groups excluding carboxylic acids is 1. The van der Waals surface area contributed by atoms with Crippen LogP contribution >= 0.6 is 11.6 Å². The molecule has 5 heteroatoms. The van der Waals surface area contributed by atoms with E-state index >= 15 is 0 Å². The van der Waals surface area contributed by atoms with Gasteiger partial charge in [-0.15, -0.1) is 0 Å². The quantitative estimate of drug-likeness (QED) is 0.927. The van der Waals surface area contributed by atoms with E-state index in [1.807, 2.05) is 24.3 Å². The molecule has 0 saturated heterocycles. The van der Waals surface area contributed by atoms with Crippen molar-refractivity contribution < 1.29 is 9.53 Å². The molecule has 2 rings (SSSR count). The molecule has 2 aromatic carbocycles. The molecule has 110 valence electrons. The van der Waals surface area contributed by atoms with Crippen molar-refractivity contribution in [2.75, 3.05) is 19.5 Å². The number of methoxy groups -OCH3 is 1. The van der Waals surface area contributed by atoms with Gasteiger partial charge < -0.3 is 15.0 Å². The number of ether oxygens (including phenoxy) is 1. The second kappa shape index (κ2) is 6.99. The van der Waals surface area contributed by atoms with Crippen molar-refractivity contribution in [1.82, 2.24) is 4.90 Å². The molecule has 0 fully saturated rings. The Bertz CT molecular complexity index is 597. The molecule has 2 aromatic rings. The molecule has 0 saturated carbocycles. The van der Waals surface area contributed by atoms with Gasteiger partial charge in [0.15, 0.2) is 0 Å². The lowest BCUT2D eigenvalue weighted by molar-refractivity contribution is 0.220. The predicted molar refractivity (Wildman–Crippen MR) is 84.9 cm³/mol. The van der Waals surface area contributed by atoms with E-state index in [1.165, 1.54) is 0 Å². The zero-order valence-corrected chi connectivity index (χ0v) is 12.7. The van der Waals surface area contributed by atoms with Crippen molar-refractivity contribution in [3.63, 3.8) is 0 Å². The van der Waals surface area contributed by atoms with Crippen LogP contribution in [0.1, 0.15) is 5.56 Å². The molecule has 4 nitrogen and oxygen atoms in total. The molecule has 0 aromatic heterocycles. The normalized spacial score (nSPS) is 10.0. The lowest BCUT2D eigenvalue weighted by Crippen LogP contribution is -2.30. The maximum atomic E-state index is 12.1. The summed E-state index contributed by atoms with van der Waals surface area (Å²) in [5.74, 6) is 0.798. The minimum absolute atomic E-state index is 0.173. The molecular formula is C16H17ClN2O2. The molecule has 0 aliphatic carbocycles. The van der Waals surface area contributed by atoms with Gasteiger partial charge >= 0.3 is 6.03 Å². The van der Waals surface area contributed by atoms with Gasteiger partial charge in [-0.3, -0.25) is 0 Å². The van der Waals surface area contributed by atoms with E-state index in [-0.39, 0.29) is 6.03 Å². The standard InChI is InChI=1S/C16H17ClN2O2/c1-19(11-12-3-9-15(21-2)10-4-12)16(20)18-14-7-5-13(17)6-8-14/h3-10H,11H2,1-2H3,(H,18,20). The number of nitrogens with zero attached hydrogens (tertiary/aromatic N) is 1. The van der Waals surface area contributed by atoms with Crippen LogP contribution in [-0.4, -0.2) is 25.1 Å². The van der Waals surface area contributed by atoms with Crippen LogP contribution in [0.2, 0.25) is 5.02 Å². The van der Waals surface area contributed by atoms with Crippen LogP contribution in [0, 0.1) is 0 Å². The van der Waals surface area contributed by atoms with Crippen LogP contribution in [0.15, 0.2) is 48.5 Å². The molecule has 0 aliphatic heterocycles. The molecule has 0 unspecified atom stereocenters. The largest absolute Gasteiger partial charge is 0.497 e. The van der Waals surface area contributed by atoms with Gasteiger partial charge in [0, 0.05) is 24.3 Å². The van der Waals surface area contributed by atoms with Gasteiger partial charge in [-0.2, -0.15) is 0 Å². The second-order valence-electron chi connectivity index (χ2n) is 4.64. The van der Waals surface area contributed by atoms with Crippen molar-refractivity contribution in [2.45, 2.75) is 6.54 Å². The van der Waals surface area contributed by atoms with Crippen LogP contribution in [0.25, 0.3) is 0 Å². The maximum absolute atomic E-state index is 12.1. The molecular weight excluding hydrogens is 288 g/mol.